The predicted octanol–water partition coefficient (Wildman–Crippen LogP) is 11.3. The summed E-state index contributed by atoms with van der Waals surface area (Å²) in [4.78, 5) is 0. The van der Waals surface area contributed by atoms with Gasteiger partial charge in [0, 0.05) is 48.8 Å². The standard InChI is InChI=1S/C31H49O2P.C12H10N.CH4O3S.Pd/c1-19(2)22-17-23(20(3)4)27(24(18-22)21(5)6)28-25(32-13)15-16-26(33-14)29(28)34(30(7,8)9)31(10,11)12;13-12-9-5-4-8-11(12)10-6-2-1-3-7-10;1-5(2,3)4;/h15-21H,1-14H3;1-6,8-9H,13H2;1H3,(H,2,3,4);/p-1. The molecule has 0 unspecified atom stereocenters. The third-order valence-electron chi connectivity index (χ3n) is 8.45. The smallest absolute Gasteiger partial charge is 0.127 e. The molecule has 9 heteroatoms. The molecule has 0 heterocycles. The van der Waals surface area contributed by atoms with Crippen LogP contribution >= 0.6 is 7.92 Å². The molecule has 0 spiro atoms. The van der Waals surface area contributed by atoms with Crippen LogP contribution in [0.3, 0.4) is 0 Å². The Bertz CT molecular complexity index is 1810. The van der Waals surface area contributed by atoms with Crippen LogP contribution in [0, 0.1) is 6.07 Å². The van der Waals surface area contributed by atoms with Gasteiger partial charge in [0.2, 0.25) is 0 Å². The molecule has 53 heavy (non-hydrogen) atoms. The molecule has 0 aliphatic heterocycles. The second kappa shape index (κ2) is 20.3. The van der Waals surface area contributed by atoms with Crippen molar-refractivity contribution in [1.82, 2.24) is 0 Å². The van der Waals surface area contributed by atoms with E-state index >= 15 is 0 Å². The quantitative estimate of drug-likeness (QED) is 0.0820. The topological polar surface area (TPSA) is 102 Å². The predicted molar refractivity (Wildman–Crippen MR) is 224 cm³/mol. The van der Waals surface area contributed by atoms with E-state index in [4.69, 9.17) is 28.2 Å². The summed E-state index contributed by atoms with van der Waals surface area (Å²) in [6, 6.07) is 27.9. The average Bonchev–Trinajstić information content (AvgIpc) is 3.02. The minimum atomic E-state index is -3.92. The maximum atomic E-state index is 9.08. The zero-order chi connectivity index (χ0) is 39.8. The Kier molecular flexibility index (Phi) is 18.5. The normalized spacial score (nSPS) is 11.8. The Morgan fingerprint density at radius 1 is 0.717 bits per heavy atom. The molecular weight excluding hydrogens is 792 g/mol. The summed E-state index contributed by atoms with van der Waals surface area (Å²) in [5.41, 5.74) is 15.5. The van der Waals surface area contributed by atoms with Gasteiger partial charge in [0.25, 0.3) is 0 Å². The molecule has 0 saturated carbocycles. The number of ether oxygens (including phenoxy) is 2. The number of nitrogen functional groups attached to an aromatic ring is 1. The molecule has 0 saturated heterocycles. The van der Waals surface area contributed by atoms with Crippen molar-refractivity contribution in [2.24, 2.45) is 0 Å². The van der Waals surface area contributed by atoms with E-state index in [0.717, 1.165) is 28.3 Å². The zero-order valence-electron chi connectivity index (χ0n) is 34.5. The summed E-state index contributed by atoms with van der Waals surface area (Å²) in [6.45, 7) is 28.1. The van der Waals surface area contributed by atoms with Gasteiger partial charge >= 0.3 is 0 Å². The van der Waals surface area contributed by atoms with Crippen molar-refractivity contribution < 1.29 is 42.9 Å². The second-order valence-electron chi connectivity index (χ2n) is 16.0. The van der Waals surface area contributed by atoms with Gasteiger partial charge < -0.3 is 19.8 Å². The minimum absolute atomic E-state index is 0. The molecule has 6 nitrogen and oxygen atoms in total. The maximum Gasteiger partial charge on any atom is 0.127 e. The van der Waals surface area contributed by atoms with Crippen LogP contribution in [0.4, 0.5) is 5.69 Å². The molecule has 0 bridgehead atoms. The second-order valence-corrected chi connectivity index (χ2v) is 21.2. The van der Waals surface area contributed by atoms with Crippen molar-refractivity contribution in [1.29, 1.82) is 0 Å². The number of nitrogens with two attached hydrogens (primary N) is 1. The van der Waals surface area contributed by atoms with Gasteiger partial charge in [-0.05, 0) is 80.1 Å². The molecule has 4 aromatic rings. The first-order valence-corrected chi connectivity index (χ1v) is 21.1. The van der Waals surface area contributed by atoms with Crippen LogP contribution in [-0.2, 0) is 30.5 Å². The molecule has 0 aliphatic rings. The van der Waals surface area contributed by atoms with Crippen molar-refractivity contribution in [3.63, 3.8) is 0 Å². The van der Waals surface area contributed by atoms with Gasteiger partial charge in [0.05, 0.1) is 24.3 Å². The van der Waals surface area contributed by atoms with Crippen LogP contribution in [0.5, 0.6) is 11.5 Å². The SMILES string of the molecule is COc1ccc(OC)c(P(C(C)(C)C)C(C)(C)C)c1-c1c(C(C)C)cc(C(C)C)cc1C(C)C.CS(=O)(=O)[O-].Nc1ccccc1-c1[c]cccc1.[Pd]. The van der Waals surface area contributed by atoms with Crippen molar-refractivity contribution in [3.8, 4) is 33.8 Å². The first kappa shape index (κ1) is 48.3. The van der Waals surface area contributed by atoms with Gasteiger partial charge in [-0.2, -0.15) is 0 Å². The van der Waals surface area contributed by atoms with E-state index in [1.54, 1.807) is 7.11 Å². The van der Waals surface area contributed by atoms with Crippen molar-refractivity contribution in [3.05, 3.63) is 95.6 Å². The fourth-order valence-corrected chi connectivity index (χ4v) is 10.8. The summed E-state index contributed by atoms with van der Waals surface area (Å²) in [5.74, 6) is 3.19. The number of hydrogen-bond acceptors (Lipinski definition) is 6. The monoisotopic (exact) mass is 853 g/mol. The van der Waals surface area contributed by atoms with Crippen LogP contribution in [0.2, 0.25) is 0 Å². The summed E-state index contributed by atoms with van der Waals surface area (Å²) < 4.78 is 39.4. The van der Waals surface area contributed by atoms with Crippen LogP contribution < -0.4 is 20.5 Å². The van der Waals surface area contributed by atoms with Gasteiger partial charge in [-0.15, -0.1) is 0 Å². The van der Waals surface area contributed by atoms with E-state index in [2.05, 4.69) is 113 Å². The number of hydrogen-bond donors (Lipinski definition) is 1. The largest absolute Gasteiger partial charge is 0.748 e. The first-order chi connectivity index (χ1) is 23.9. The van der Waals surface area contributed by atoms with E-state index in [-0.39, 0.29) is 30.7 Å². The molecule has 0 atom stereocenters. The zero-order valence-corrected chi connectivity index (χ0v) is 37.7. The van der Waals surface area contributed by atoms with Crippen LogP contribution in [-0.4, -0.2) is 43.8 Å². The molecule has 1 radical (unpaired) electrons. The molecule has 0 aliphatic carbocycles. The number of anilines is 1. The Labute approximate surface area is 336 Å². The molecule has 0 fully saturated rings. The molecule has 0 amide bonds. The van der Waals surface area contributed by atoms with Crippen molar-refractivity contribution in [2.45, 2.75) is 111 Å². The van der Waals surface area contributed by atoms with Crippen LogP contribution in [0.15, 0.2) is 72.8 Å². The third-order valence-corrected chi connectivity index (χ3v) is 12.0. The fourth-order valence-electron chi connectivity index (χ4n) is 6.58. The summed E-state index contributed by atoms with van der Waals surface area (Å²) >= 11 is 0. The molecule has 295 valence electrons. The Hall–Kier alpha value is -2.72. The Morgan fingerprint density at radius 2 is 1.17 bits per heavy atom. The van der Waals surface area contributed by atoms with Gasteiger partial charge in [-0.3, -0.25) is 0 Å². The van der Waals surface area contributed by atoms with E-state index in [9.17, 15) is 0 Å². The van der Waals surface area contributed by atoms with Crippen LogP contribution in [0.25, 0.3) is 22.3 Å². The first-order valence-electron chi connectivity index (χ1n) is 17.9. The third kappa shape index (κ3) is 13.8. The minimum Gasteiger partial charge on any atom is -0.748 e. The summed E-state index contributed by atoms with van der Waals surface area (Å²) in [6.07, 6.45) is 0.604. The van der Waals surface area contributed by atoms with Gasteiger partial charge in [0.1, 0.15) is 11.5 Å². The van der Waals surface area contributed by atoms with E-state index in [1.165, 1.54) is 33.1 Å². The molecule has 2 N–H and O–H groups in total. The number of benzene rings is 4. The molecule has 0 aromatic heterocycles. The Balaban J connectivity index is 0.000000603. The van der Waals surface area contributed by atoms with E-state index < -0.39 is 18.0 Å². The van der Waals surface area contributed by atoms with E-state index in [1.807, 2.05) is 55.6 Å². The van der Waals surface area contributed by atoms with Crippen LogP contribution in [0.1, 0.15) is 118 Å². The van der Waals surface area contributed by atoms with E-state index in [0.29, 0.717) is 24.0 Å². The van der Waals surface area contributed by atoms with Crippen molar-refractivity contribution >= 4 is 29.0 Å². The number of rotatable bonds is 8. The van der Waals surface area contributed by atoms with Crippen molar-refractivity contribution in [2.75, 3.05) is 26.2 Å². The van der Waals surface area contributed by atoms with Gasteiger partial charge in [-0.1, -0.05) is 146 Å². The van der Waals surface area contributed by atoms with Gasteiger partial charge in [0.15, 0.2) is 0 Å². The molecule has 4 aromatic carbocycles. The Morgan fingerprint density at radius 3 is 1.55 bits per heavy atom. The number of methoxy groups -OCH3 is 2. The fraction of sp³-hybridized carbons (Fsp3) is 0.455. The molecule has 4 rings (SSSR count). The summed E-state index contributed by atoms with van der Waals surface area (Å²) in [7, 11) is -0.924. The average molecular weight is 854 g/mol. The molecular formula is C44H62NO5PPdS-. The number of para-hydroxylation sites is 1. The maximum absolute atomic E-state index is 9.08. The summed E-state index contributed by atoms with van der Waals surface area (Å²) in [5, 5.41) is 1.52. The van der Waals surface area contributed by atoms with Gasteiger partial charge in [-0.25, -0.2) is 8.42 Å².